The quantitative estimate of drug-likeness (QED) is 0.0894. The number of hydrogen-bond donors (Lipinski definition) is 0. The van der Waals surface area contributed by atoms with Crippen molar-refractivity contribution in [3.05, 3.63) is 497 Å². The summed E-state index contributed by atoms with van der Waals surface area (Å²) in [7, 11) is 0. The Hall–Kier alpha value is -20.0. The largest absolute Gasteiger partial charge is 0.278 e. The SMILES string of the molecule is c1ccc(-c2ccc(-c3ccc4c(c3)nc3n(-c5nc(-c6ccccc6)nc(-c6ccccc6)n5)c5ccc(-c6ccc(-c7ccccc7)cc6)cc5n43)cc2)cc1.c1ccc(-c2ccc3c(c2)n2c4ccccc4nc2n3-c2ccc(-c3nc(-c4ccccc4)nc(-c4ccccc4)n3)cc2)cc1.c1ccc(-c2nc(-c3ccccc3)nc(-c3ccc(-n4c5ccccc5n5c6ccccc6nc45)cc3)n2)cc1. The third kappa shape index (κ3) is 15.8. The Bertz CT molecular complexity index is 9450. The third-order valence-corrected chi connectivity index (χ3v) is 26.4. The van der Waals surface area contributed by atoms with Gasteiger partial charge in [0.2, 0.25) is 23.3 Å². The molecule has 0 bridgehead atoms. The molecule has 0 amide bonds. The van der Waals surface area contributed by atoms with E-state index >= 15 is 0 Å². The van der Waals surface area contributed by atoms with Crippen molar-refractivity contribution in [2.75, 3.05) is 0 Å². The topological polar surface area (TPSA) is 183 Å². The Morgan fingerprint density at radius 3 is 0.660 bits per heavy atom. The molecular weight excluding hydrogens is 1770 g/mol. The molecule has 0 atom stereocenters. The zero-order chi connectivity index (χ0) is 95.3. The molecule has 9 heterocycles. The highest BCUT2D eigenvalue weighted by Crippen LogP contribution is 2.41. The van der Waals surface area contributed by atoms with Gasteiger partial charge in [-0.3, -0.25) is 22.3 Å². The van der Waals surface area contributed by atoms with Crippen molar-refractivity contribution >= 4 is 83.5 Å². The van der Waals surface area contributed by atoms with E-state index in [0.29, 0.717) is 52.5 Å². The van der Waals surface area contributed by atoms with Crippen LogP contribution in [0.3, 0.4) is 0 Å². The molecule has 19 aromatic carbocycles. The van der Waals surface area contributed by atoms with Crippen molar-refractivity contribution in [3.8, 4) is 164 Å². The Morgan fingerprint density at radius 1 is 0.118 bits per heavy atom. The molecule has 0 fully saturated rings. The second-order valence-corrected chi connectivity index (χ2v) is 35.3. The molecule has 28 aromatic rings. The van der Waals surface area contributed by atoms with Gasteiger partial charge >= 0.3 is 0 Å². The molecule has 18 heteroatoms. The first-order valence-corrected chi connectivity index (χ1v) is 47.8. The summed E-state index contributed by atoms with van der Waals surface area (Å²) in [5.74, 6) is 8.01. The van der Waals surface area contributed by atoms with Crippen molar-refractivity contribution in [2.24, 2.45) is 0 Å². The number of para-hydroxylation sites is 6. The molecule has 0 N–H and O–H groups in total. The van der Waals surface area contributed by atoms with Gasteiger partial charge in [-0.25, -0.2) is 54.4 Å². The number of aromatic nitrogens is 18. The van der Waals surface area contributed by atoms with Crippen LogP contribution in [0.1, 0.15) is 0 Å². The molecule has 0 unspecified atom stereocenters. The number of imidazole rings is 6. The standard InChI is InChI=1S/C52H34N6.C40H26N6.C34H22N6/c1-5-13-35(14-6-1)37-21-25-39(26-22-37)43-29-31-46-45(33-43)53-52-57(46)48-34-44(40-27-23-38(24-28-40)36-15-7-2-8-16-36)30-32-47(48)58(52)51-55-49(41-17-9-3-10-18-41)54-50(56-51)42-19-11-4-12-20-42;1-4-12-27(13-5-1)31-22-25-35-36(26-31)46-34-19-11-10-18-33(34)41-40(46)45(35)32-23-20-30(21-24-32)39-43-37(28-14-6-2-7-15-28)42-38(44-39)29-16-8-3-9-17-29;1-3-11-23(12-4-1)31-36-32(24-13-5-2-6-14-24)38-33(37-31)25-19-21-26(22-20-25)39-29-17-9-10-18-30(29)40-28-16-8-7-15-27(28)35-34(39)40/h1-34H;1-26H;1-22H. The van der Waals surface area contributed by atoms with Gasteiger partial charge in [0.1, 0.15) is 0 Å². The van der Waals surface area contributed by atoms with Crippen LogP contribution in [0, 0.1) is 0 Å². The van der Waals surface area contributed by atoms with E-state index in [-0.39, 0.29) is 0 Å². The van der Waals surface area contributed by atoms with E-state index in [1.54, 1.807) is 0 Å². The number of nitrogens with zero attached hydrogens (tertiary/aromatic N) is 18. The van der Waals surface area contributed by atoms with Crippen LogP contribution < -0.4 is 0 Å². The molecule has 0 radical (unpaired) electrons. The number of fused-ring (bicyclic) bond motifs is 15. The Balaban J connectivity index is 0.000000112. The fraction of sp³-hybridized carbons (Fsp3) is 0. The molecule has 9 aromatic heterocycles. The lowest BCUT2D eigenvalue weighted by Crippen LogP contribution is -2.07. The first-order chi connectivity index (χ1) is 71.4. The van der Waals surface area contributed by atoms with E-state index in [0.717, 1.165) is 162 Å². The van der Waals surface area contributed by atoms with E-state index < -0.39 is 0 Å². The first-order valence-electron chi connectivity index (χ1n) is 47.8. The smallest absolute Gasteiger partial charge is 0.241 e. The molecule has 18 nitrogen and oxygen atoms in total. The summed E-state index contributed by atoms with van der Waals surface area (Å²) >= 11 is 0. The van der Waals surface area contributed by atoms with Gasteiger partial charge in [-0.1, -0.05) is 376 Å². The van der Waals surface area contributed by atoms with Crippen LogP contribution in [0.15, 0.2) is 497 Å². The van der Waals surface area contributed by atoms with Crippen LogP contribution in [0.4, 0.5) is 0 Å². The minimum absolute atomic E-state index is 0.500. The van der Waals surface area contributed by atoms with Gasteiger partial charge in [0, 0.05) is 55.9 Å². The normalized spacial score (nSPS) is 11.5. The maximum absolute atomic E-state index is 5.36. The van der Waals surface area contributed by atoms with Gasteiger partial charge in [-0.05, 0) is 177 Å². The summed E-state index contributed by atoms with van der Waals surface area (Å²) in [6.45, 7) is 0. The molecule has 0 aliphatic rings. The average molecular weight is 1850 g/mol. The Labute approximate surface area is 826 Å². The highest BCUT2D eigenvalue weighted by atomic mass is 15.3. The molecule has 0 saturated carbocycles. The number of rotatable bonds is 16. The summed E-state index contributed by atoms with van der Waals surface area (Å²) in [6, 6.07) is 171. The predicted molar refractivity (Wildman–Crippen MR) is 579 cm³/mol. The van der Waals surface area contributed by atoms with Crippen LogP contribution in [0.25, 0.3) is 248 Å². The third-order valence-electron chi connectivity index (χ3n) is 26.4. The van der Waals surface area contributed by atoms with Crippen LogP contribution in [-0.2, 0) is 0 Å². The van der Waals surface area contributed by atoms with E-state index in [4.69, 9.17) is 59.8 Å². The van der Waals surface area contributed by atoms with Gasteiger partial charge in [-0.15, -0.1) is 0 Å². The van der Waals surface area contributed by atoms with E-state index in [9.17, 15) is 0 Å². The molecule has 0 aliphatic carbocycles. The number of hydrogen-bond acceptors (Lipinski definition) is 12. The van der Waals surface area contributed by atoms with Crippen LogP contribution in [0.2, 0.25) is 0 Å². The molecule has 676 valence electrons. The van der Waals surface area contributed by atoms with Gasteiger partial charge in [0.05, 0.1) is 66.2 Å². The maximum atomic E-state index is 5.36. The van der Waals surface area contributed by atoms with E-state index in [1.165, 1.54) is 33.4 Å². The van der Waals surface area contributed by atoms with Crippen molar-refractivity contribution in [1.82, 2.24) is 86.7 Å². The summed E-state index contributed by atoms with van der Waals surface area (Å²) in [6.07, 6.45) is 0. The second kappa shape index (κ2) is 36.5. The Kier molecular flexibility index (Phi) is 21.4. The summed E-state index contributed by atoms with van der Waals surface area (Å²) < 4.78 is 13.2. The zero-order valence-electron chi connectivity index (χ0n) is 77.4. The molecular formula is C126H82N18. The molecule has 0 spiro atoms. The minimum atomic E-state index is 0.500. The molecule has 144 heavy (non-hydrogen) atoms. The van der Waals surface area contributed by atoms with Crippen LogP contribution in [-0.4, -0.2) is 86.7 Å². The van der Waals surface area contributed by atoms with Crippen molar-refractivity contribution in [3.63, 3.8) is 0 Å². The monoisotopic (exact) mass is 1850 g/mol. The maximum Gasteiger partial charge on any atom is 0.241 e. The molecule has 0 saturated heterocycles. The fourth-order valence-electron chi connectivity index (χ4n) is 19.3. The summed E-state index contributed by atoms with van der Waals surface area (Å²) in [4.78, 5) is 59.9. The van der Waals surface area contributed by atoms with Gasteiger partial charge in [-0.2, -0.15) is 9.97 Å². The minimum Gasteiger partial charge on any atom is -0.278 e. The van der Waals surface area contributed by atoms with Crippen molar-refractivity contribution < 1.29 is 0 Å². The van der Waals surface area contributed by atoms with E-state index in [2.05, 4.69) is 312 Å². The second-order valence-electron chi connectivity index (χ2n) is 35.3. The summed E-state index contributed by atoms with van der Waals surface area (Å²) in [5.41, 5.74) is 33.4. The van der Waals surface area contributed by atoms with Crippen molar-refractivity contribution in [2.45, 2.75) is 0 Å². The lowest BCUT2D eigenvalue weighted by atomic mass is 10.00. The van der Waals surface area contributed by atoms with E-state index in [1.807, 2.05) is 212 Å². The number of benzene rings is 19. The van der Waals surface area contributed by atoms with Gasteiger partial charge in [0.15, 0.2) is 46.6 Å². The van der Waals surface area contributed by atoms with Gasteiger partial charge < -0.3 is 0 Å². The lowest BCUT2D eigenvalue weighted by Gasteiger charge is -2.10. The highest BCUT2D eigenvalue weighted by molar-refractivity contribution is 5.98. The Morgan fingerprint density at radius 2 is 0.319 bits per heavy atom. The predicted octanol–water partition coefficient (Wildman–Crippen LogP) is 29.5. The molecule has 0 aliphatic heterocycles. The molecule has 28 rings (SSSR count). The van der Waals surface area contributed by atoms with Crippen LogP contribution in [0.5, 0.6) is 0 Å². The fourth-order valence-corrected chi connectivity index (χ4v) is 19.3. The van der Waals surface area contributed by atoms with Gasteiger partial charge in [0.25, 0.3) is 0 Å². The summed E-state index contributed by atoms with van der Waals surface area (Å²) in [5, 5.41) is 0. The zero-order valence-corrected chi connectivity index (χ0v) is 77.4. The van der Waals surface area contributed by atoms with Crippen LogP contribution >= 0.6 is 0 Å². The average Bonchev–Trinajstić information content (AvgIpc) is 1.55. The first kappa shape index (κ1) is 84.5. The van der Waals surface area contributed by atoms with Crippen molar-refractivity contribution in [1.29, 1.82) is 0 Å². The highest BCUT2D eigenvalue weighted by Gasteiger charge is 2.26. The lowest BCUT2D eigenvalue weighted by molar-refractivity contribution is 0.937.